The second-order valence-electron chi connectivity index (χ2n) is 10.1. The average Bonchev–Trinajstić information content (AvgIpc) is 2.98. The van der Waals surface area contributed by atoms with Crippen LogP contribution in [0.15, 0.2) is 107 Å². The molecule has 0 spiro atoms. The fraction of sp³-hybridized carbons (Fsp3) is 0.278. The lowest BCUT2D eigenvalue weighted by Gasteiger charge is -2.16. The summed E-state index contributed by atoms with van der Waals surface area (Å²) in [5.41, 5.74) is 6.74. The summed E-state index contributed by atoms with van der Waals surface area (Å²) in [6.07, 6.45) is 12.3. The molecule has 0 saturated heterocycles. The minimum atomic E-state index is 0.0152. The number of nitriles is 1. The summed E-state index contributed by atoms with van der Waals surface area (Å²) in [4.78, 5) is 15.0. The molecule has 204 valence electrons. The van der Waals surface area contributed by atoms with Crippen LogP contribution in [-0.4, -0.2) is 4.57 Å². The lowest BCUT2D eigenvalue weighted by molar-refractivity contribution is 0.614. The molecule has 40 heavy (non-hydrogen) atoms. The molecule has 4 heteroatoms. The van der Waals surface area contributed by atoms with Crippen molar-refractivity contribution in [1.82, 2.24) is 4.57 Å². The van der Waals surface area contributed by atoms with Gasteiger partial charge in [-0.05, 0) is 78.0 Å². The number of rotatable bonds is 14. The minimum Gasteiger partial charge on any atom is -0.353 e. The van der Waals surface area contributed by atoms with E-state index in [-0.39, 0.29) is 11.8 Å². The predicted molar refractivity (Wildman–Crippen MR) is 170 cm³/mol. The van der Waals surface area contributed by atoms with Crippen LogP contribution in [0, 0.1) is 11.3 Å². The van der Waals surface area contributed by atoms with Gasteiger partial charge in [0.05, 0.1) is 12.5 Å². The van der Waals surface area contributed by atoms with Crippen LogP contribution in [0.1, 0.15) is 55.7 Å². The van der Waals surface area contributed by atoms with Gasteiger partial charge in [0.2, 0.25) is 0 Å². The second kappa shape index (κ2) is 15.1. The molecular formula is C36H38N2OS. The molecule has 0 radical (unpaired) electrons. The van der Waals surface area contributed by atoms with Gasteiger partial charge in [-0.1, -0.05) is 98.3 Å². The Bertz CT molecular complexity index is 1510. The zero-order valence-electron chi connectivity index (χ0n) is 23.4. The van der Waals surface area contributed by atoms with Crippen LogP contribution in [0.25, 0.3) is 22.3 Å². The topological polar surface area (TPSA) is 45.8 Å². The number of aryl methyl sites for hydroxylation is 3. The summed E-state index contributed by atoms with van der Waals surface area (Å²) in [7, 11) is 0. The Labute approximate surface area is 243 Å². The summed E-state index contributed by atoms with van der Waals surface area (Å²) in [6, 6.07) is 27.3. The molecule has 0 N–H and O–H groups in total. The quantitative estimate of drug-likeness (QED) is 0.117. The van der Waals surface area contributed by atoms with E-state index in [1.54, 1.807) is 5.41 Å². The summed E-state index contributed by atoms with van der Waals surface area (Å²) >= 11 is 1.52. The lowest BCUT2D eigenvalue weighted by atomic mass is 9.92. The van der Waals surface area contributed by atoms with E-state index in [0.29, 0.717) is 5.56 Å². The van der Waals surface area contributed by atoms with Crippen molar-refractivity contribution in [3.63, 3.8) is 0 Å². The van der Waals surface area contributed by atoms with Gasteiger partial charge in [-0.2, -0.15) is 5.26 Å². The smallest absolute Gasteiger partial charge is 0.197 e. The van der Waals surface area contributed by atoms with Gasteiger partial charge in [-0.3, -0.25) is 4.79 Å². The minimum absolute atomic E-state index is 0.0152. The molecule has 4 rings (SSSR count). The van der Waals surface area contributed by atoms with Crippen LogP contribution in [0.3, 0.4) is 0 Å². The highest BCUT2D eigenvalue weighted by molar-refractivity contribution is 8.02. The van der Waals surface area contributed by atoms with Gasteiger partial charge in [-0.15, -0.1) is 0 Å². The number of aromatic nitrogens is 1. The highest BCUT2D eigenvalue weighted by atomic mass is 32.2. The Morgan fingerprint density at radius 2 is 1.45 bits per heavy atom. The van der Waals surface area contributed by atoms with E-state index < -0.39 is 0 Å². The third-order valence-electron chi connectivity index (χ3n) is 7.36. The molecule has 0 aliphatic carbocycles. The third-order valence-corrected chi connectivity index (χ3v) is 8.05. The Balaban J connectivity index is 1.53. The molecular weight excluding hydrogens is 508 g/mol. The van der Waals surface area contributed by atoms with Crippen LogP contribution in [0.2, 0.25) is 0 Å². The summed E-state index contributed by atoms with van der Waals surface area (Å²) < 4.78 is 2.08. The van der Waals surface area contributed by atoms with Gasteiger partial charge < -0.3 is 4.57 Å². The van der Waals surface area contributed by atoms with Crippen LogP contribution >= 0.6 is 11.8 Å². The molecule has 1 heterocycles. The largest absolute Gasteiger partial charge is 0.353 e. The Kier molecular flexibility index (Phi) is 11.0. The maximum absolute atomic E-state index is 14.0. The van der Waals surface area contributed by atoms with Gasteiger partial charge >= 0.3 is 0 Å². The highest BCUT2D eigenvalue weighted by Gasteiger charge is 2.16. The number of thioether (sulfide) groups is 1. The van der Waals surface area contributed by atoms with Crippen molar-refractivity contribution >= 4 is 11.8 Å². The van der Waals surface area contributed by atoms with E-state index in [9.17, 15) is 10.1 Å². The maximum atomic E-state index is 14.0. The summed E-state index contributed by atoms with van der Waals surface area (Å²) in [5.74, 6) is 0. The predicted octanol–water partition coefficient (Wildman–Crippen LogP) is 9.24. The molecule has 0 bridgehead atoms. The number of nitrogens with zero attached hydrogens (tertiary/aromatic N) is 2. The molecule has 4 aromatic rings. The molecule has 0 fully saturated rings. The van der Waals surface area contributed by atoms with E-state index in [1.807, 2.05) is 36.7 Å². The molecule has 0 aliphatic rings. The molecule has 0 unspecified atom stereocenters. The standard InChI is InChI=1S/C36H38N2OS/c1-3-38-26-34(36(39)35(27-38)33-22-21-31(40-4-2)25-30(33)23-24-37)32-20-14-13-19-29(32)18-12-7-5-6-9-15-28-16-10-8-11-17-28/h4,8,10-11,13-14,16-17,19-22,25-27H,2-3,5-7,9,12,15,18,23H2,1H3. The molecule has 1 aromatic heterocycles. The van der Waals surface area contributed by atoms with Gasteiger partial charge in [0, 0.05) is 35.0 Å². The van der Waals surface area contributed by atoms with E-state index in [2.05, 4.69) is 72.7 Å². The van der Waals surface area contributed by atoms with Gasteiger partial charge in [0.1, 0.15) is 0 Å². The number of pyridine rings is 1. The van der Waals surface area contributed by atoms with Crippen LogP contribution in [0.5, 0.6) is 0 Å². The van der Waals surface area contributed by atoms with Crippen molar-refractivity contribution in [3.8, 4) is 28.3 Å². The molecule has 0 saturated carbocycles. The lowest BCUT2D eigenvalue weighted by Crippen LogP contribution is -2.14. The number of benzene rings is 3. The first-order chi connectivity index (χ1) is 19.6. The molecule has 3 nitrogen and oxygen atoms in total. The number of hydrogen-bond donors (Lipinski definition) is 0. The normalized spacial score (nSPS) is 10.8. The molecule has 3 aromatic carbocycles. The third kappa shape index (κ3) is 7.64. The molecule has 0 aliphatic heterocycles. The van der Waals surface area contributed by atoms with Gasteiger partial charge in [-0.25, -0.2) is 0 Å². The number of hydrogen-bond acceptors (Lipinski definition) is 3. The first-order valence-corrected chi connectivity index (χ1v) is 15.2. The fourth-order valence-electron chi connectivity index (χ4n) is 5.25. The number of unbranched alkanes of at least 4 members (excludes halogenated alkanes) is 4. The maximum Gasteiger partial charge on any atom is 0.197 e. The SMILES string of the molecule is C=CSc1ccc(-c2cn(CC)cc(-c3ccccc3CCCCCCCc3ccccc3)c2=O)c(CC#N)c1. The van der Waals surface area contributed by atoms with E-state index in [1.165, 1.54) is 48.6 Å². The van der Waals surface area contributed by atoms with Gasteiger partial charge in [0.15, 0.2) is 5.43 Å². The summed E-state index contributed by atoms with van der Waals surface area (Å²) in [5, 5.41) is 11.3. The first-order valence-electron chi connectivity index (χ1n) is 14.3. The highest BCUT2D eigenvalue weighted by Crippen LogP contribution is 2.30. The van der Waals surface area contributed by atoms with Crippen molar-refractivity contribution < 1.29 is 0 Å². The van der Waals surface area contributed by atoms with Crippen LogP contribution in [-0.2, 0) is 25.8 Å². The van der Waals surface area contributed by atoms with E-state index in [0.717, 1.165) is 53.0 Å². The average molecular weight is 547 g/mol. The van der Waals surface area contributed by atoms with Crippen molar-refractivity contribution in [2.75, 3.05) is 0 Å². The van der Waals surface area contributed by atoms with Crippen molar-refractivity contribution in [3.05, 3.63) is 124 Å². The zero-order valence-corrected chi connectivity index (χ0v) is 24.3. The Morgan fingerprint density at radius 3 is 2.15 bits per heavy atom. The zero-order chi connectivity index (χ0) is 28.2. The van der Waals surface area contributed by atoms with Crippen molar-refractivity contribution in [2.45, 2.75) is 69.7 Å². The second-order valence-corrected chi connectivity index (χ2v) is 11.1. The van der Waals surface area contributed by atoms with Crippen LogP contribution in [0.4, 0.5) is 0 Å². The summed E-state index contributed by atoms with van der Waals surface area (Å²) in [6.45, 7) is 6.64. The Hall–Kier alpha value is -3.81. The molecule has 0 atom stereocenters. The Morgan fingerprint density at radius 1 is 0.800 bits per heavy atom. The van der Waals surface area contributed by atoms with Crippen molar-refractivity contribution in [2.24, 2.45) is 0 Å². The van der Waals surface area contributed by atoms with Crippen LogP contribution < -0.4 is 5.43 Å². The van der Waals surface area contributed by atoms with E-state index in [4.69, 9.17) is 0 Å². The first kappa shape index (κ1) is 29.2. The molecule has 0 amide bonds. The van der Waals surface area contributed by atoms with E-state index >= 15 is 0 Å². The van der Waals surface area contributed by atoms with Crippen molar-refractivity contribution in [1.29, 1.82) is 5.26 Å². The fourth-order valence-corrected chi connectivity index (χ4v) is 5.80. The monoisotopic (exact) mass is 546 g/mol. The van der Waals surface area contributed by atoms with Gasteiger partial charge in [0.25, 0.3) is 0 Å².